The van der Waals surface area contributed by atoms with Gasteiger partial charge in [-0.3, -0.25) is 0 Å². The molecule has 2 unspecified atom stereocenters. The topological polar surface area (TPSA) is 51.8 Å². The summed E-state index contributed by atoms with van der Waals surface area (Å²) in [5, 5.41) is 5.76. The average Bonchev–Trinajstić information content (AvgIpc) is 3.55. The summed E-state index contributed by atoms with van der Waals surface area (Å²) in [6, 6.07) is 46.5. The molecular weight excluding hydrogens is 599 g/mol. The van der Waals surface area contributed by atoms with Crippen molar-refractivity contribution in [2.75, 3.05) is 0 Å². The van der Waals surface area contributed by atoms with E-state index in [0.29, 0.717) is 17.5 Å². The fourth-order valence-corrected chi connectivity index (χ4v) is 7.47. The SMILES string of the molecule is C1=CC2C(c3ccccc3)=Cc3oc4cc(-c5nc(-c6ccc7ccccc7c6)nc(-c6ccc7ccccc7c6)n5)ccc4c3C2C=C1. The minimum absolute atomic E-state index is 0.198. The maximum atomic E-state index is 6.67. The zero-order chi connectivity index (χ0) is 32.3. The molecule has 0 radical (unpaired) electrons. The highest BCUT2D eigenvalue weighted by atomic mass is 16.3. The highest BCUT2D eigenvalue weighted by Crippen LogP contribution is 2.49. The summed E-state index contributed by atoms with van der Waals surface area (Å²) in [5.41, 5.74) is 7.33. The molecule has 2 atom stereocenters. The number of benzene rings is 6. The number of rotatable bonds is 4. The molecule has 2 aromatic heterocycles. The third kappa shape index (κ3) is 4.72. The first-order valence-electron chi connectivity index (χ1n) is 16.7. The Labute approximate surface area is 283 Å². The largest absolute Gasteiger partial charge is 0.456 e. The van der Waals surface area contributed by atoms with Crippen molar-refractivity contribution >= 4 is 44.2 Å². The van der Waals surface area contributed by atoms with Gasteiger partial charge in [-0.05, 0) is 57.0 Å². The molecular formula is C45H29N3O. The van der Waals surface area contributed by atoms with Gasteiger partial charge in [0.25, 0.3) is 0 Å². The first kappa shape index (κ1) is 27.7. The number of furan rings is 1. The van der Waals surface area contributed by atoms with Crippen molar-refractivity contribution in [3.63, 3.8) is 0 Å². The summed E-state index contributed by atoms with van der Waals surface area (Å²) in [6.45, 7) is 0. The smallest absolute Gasteiger partial charge is 0.164 e. The van der Waals surface area contributed by atoms with Crippen molar-refractivity contribution in [1.29, 1.82) is 0 Å². The molecule has 0 spiro atoms. The van der Waals surface area contributed by atoms with Crippen LogP contribution in [0.1, 0.15) is 22.8 Å². The lowest BCUT2D eigenvalue weighted by Gasteiger charge is -2.30. The molecule has 0 saturated heterocycles. The Morgan fingerprint density at radius 3 is 1.61 bits per heavy atom. The summed E-state index contributed by atoms with van der Waals surface area (Å²) in [4.78, 5) is 15.2. The molecule has 2 heterocycles. The molecule has 4 nitrogen and oxygen atoms in total. The second kappa shape index (κ2) is 11.1. The fourth-order valence-electron chi connectivity index (χ4n) is 7.47. The van der Waals surface area contributed by atoms with Crippen molar-refractivity contribution < 1.29 is 4.42 Å². The predicted octanol–water partition coefficient (Wildman–Crippen LogP) is 11.3. The molecule has 0 aliphatic heterocycles. The van der Waals surface area contributed by atoms with E-state index >= 15 is 0 Å². The lowest BCUT2D eigenvalue weighted by atomic mass is 9.72. The normalized spacial score (nSPS) is 16.5. The summed E-state index contributed by atoms with van der Waals surface area (Å²) in [6.07, 6.45) is 11.2. The lowest BCUT2D eigenvalue weighted by molar-refractivity contribution is 0.582. The van der Waals surface area contributed by atoms with Gasteiger partial charge >= 0.3 is 0 Å². The van der Waals surface area contributed by atoms with Crippen LogP contribution in [0.4, 0.5) is 0 Å². The summed E-state index contributed by atoms with van der Waals surface area (Å²) >= 11 is 0. The van der Waals surface area contributed by atoms with Gasteiger partial charge in [0.1, 0.15) is 11.3 Å². The number of fused-ring (bicyclic) bond motifs is 7. The summed E-state index contributed by atoms with van der Waals surface area (Å²) in [7, 11) is 0. The van der Waals surface area contributed by atoms with Crippen LogP contribution in [-0.2, 0) is 0 Å². The monoisotopic (exact) mass is 627 g/mol. The Morgan fingerprint density at radius 2 is 0.980 bits per heavy atom. The van der Waals surface area contributed by atoms with Crippen molar-refractivity contribution in [3.05, 3.63) is 175 Å². The molecule has 49 heavy (non-hydrogen) atoms. The van der Waals surface area contributed by atoms with E-state index in [9.17, 15) is 0 Å². The summed E-state index contributed by atoms with van der Waals surface area (Å²) < 4.78 is 6.67. The highest BCUT2D eigenvalue weighted by Gasteiger charge is 2.34. The maximum absolute atomic E-state index is 6.67. The quantitative estimate of drug-likeness (QED) is 0.195. The minimum atomic E-state index is 0.198. The van der Waals surface area contributed by atoms with Gasteiger partial charge in [-0.15, -0.1) is 0 Å². The van der Waals surface area contributed by atoms with Crippen molar-refractivity contribution in [3.8, 4) is 34.2 Å². The van der Waals surface area contributed by atoms with Crippen molar-refractivity contribution in [1.82, 2.24) is 15.0 Å². The van der Waals surface area contributed by atoms with Crippen LogP contribution in [0.15, 0.2) is 162 Å². The van der Waals surface area contributed by atoms with E-state index in [1.807, 2.05) is 0 Å². The van der Waals surface area contributed by atoms with E-state index in [2.05, 4.69) is 164 Å². The van der Waals surface area contributed by atoms with Gasteiger partial charge in [0.2, 0.25) is 0 Å². The average molecular weight is 628 g/mol. The molecule has 0 fully saturated rings. The number of nitrogens with zero attached hydrogens (tertiary/aromatic N) is 3. The first-order chi connectivity index (χ1) is 24.2. The van der Waals surface area contributed by atoms with E-state index in [4.69, 9.17) is 19.4 Å². The first-order valence-corrected chi connectivity index (χ1v) is 16.7. The fraction of sp³-hybridized carbons (Fsp3) is 0.0444. The third-order valence-corrected chi connectivity index (χ3v) is 9.89. The second-order valence-electron chi connectivity index (χ2n) is 12.8. The third-order valence-electron chi connectivity index (χ3n) is 9.89. The van der Waals surface area contributed by atoms with Crippen molar-refractivity contribution in [2.24, 2.45) is 5.92 Å². The van der Waals surface area contributed by atoms with E-state index in [1.165, 1.54) is 27.5 Å². The number of hydrogen-bond acceptors (Lipinski definition) is 4. The minimum Gasteiger partial charge on any atom is -0.456 e. The molecule has 4 heteroatoms. The Hall–Kier alpha value is -6.39. The molecule has 0 saturated carbocycles. The van der Waals surface area contributed by atoms with E-state index in [-0.39, 0.29) is 11.8 Å². The molecule has 230 valence electrons. The predicted molar refractivity (Wildman–Crippen MR) is 200 cm³/mol. The standard InChI is InChI=1S/C45H29N3O/c1-2-12-30(13-3-1)39-27-41-42(37-17-9-8-16-36(37)39)38-23-22-35(26-40(38)49-41)45-47-43(33-20-18-28-10-4-6-14-31(28)24-33)46-44(48-45)34-21-19-29-11-5-7-15-32(29)25-34/h1-27,36-37H. The van der Waals surface area contributed by atoms with Crippen LogP contribution < -0.4 is 0 Å². The summed E-state index contributed by atoms with van der Waals surface area (Å²) in [5.74, 6) is 3.24. The zero-order valence-corrected chi connectivity index (χ0v) is 26.5. The molecule has 10 rings (SSSR count). The van der Waals surface area contributed by atoms with Crippen LogP contribution in [0, 0.1) is 5.92 Å². The Kier molecular flexibility index (Phi) is 6.28. The van der Waals surface area contributed by atoms with E-state index in [0.717, 1.165) is 44.2 Å². The maximum Gasteiger partial charge on any atom is 0.164 e. The Morgan fingerprint density at radius 1 is 0.449 bits per heavy atom. The Bertz CT molecular complexity index is 2580. The van der Waals surface area contributed by atoms with Crippen LogP contribution in [0.2, 0.25) is 0 Å². The number of hydrogen-bond donors (Lipinski definition) is 0. The molecule has 2 aliphatic carbocycles. The van der Waals surface area contributed by atoms with E-state index in [1.54, 1.807) is 0 Å². The highest BCUT2D eigenvalue weighted by molar-refractivity contribution is 5.96. The van der Waals surface area contributed by atoms with Crippen LogP contribution >= 0.6 is 0 Å². The number of allylic oxidation sites excluding steroid dienone is 5. The van der Waals surface area contributed by atoms with Crippen LogP contribution in [-0.4, -0.2) is 15.0 Å². The van der Waals surface area contributed by atoms with Gasteiger partial charge in [-0.2, -0.15) is 0 Å². The molecule has 0 bridgehead atoms. The van der Waals surface area contributed by atoms with Crippen molar-refractivity contribution in [2.45, 2.75) is 5.92 Å². The second-order valence-corrected chi connectivity index (χ2v) is 12.8. The lowest BCUT2D eigenvalue weighted by Crippen LogP contribution is -2.16. The molecule has 8 aromatic rings. The zero-order valence-electron chi connectivity index (χ0n) is 26.5. The number of aromatic nitrogens is 3. The molecule has 6 aromatic carbocycles. The molecule has 0 N–H and O–H groups in total. The van der Waals surface area contributed by atoms with Crippen LogP contribution in [0.5, 0.6) is 0 Å². The van der Waals surface area contributed by atoms with Crippen LogP contribution in [0.3, 0.4) is 0 Å². The van der Waals surface area contributed by atoms with Gasteiger partial charge in [-0.1, -0.05) is 140 Å². The van der Waals surface area contributed by atoms with Gasteiger partial charge < -0.3 is 4.42 Å². The van der Waals surface area contributed by atoms with Gasteiger partial charge in [0.05, 0.1) is 0 Å². The van der Waals surface area contributed by atoms with E-state index < -0.39 is 0 Å². The molecule has 2 aliphatic rings. The van der Waals surface area contributed by atoms with Gasteiger partial charge in [0.15, 0.2) is 17.5 Å². The van der Waals surface area contributed by atoms with Gasteiger partial charge in [-0.25, -0.2) is 15.0 Å². The molecule has 0 amide bonds. The Balaban J connectivity index is 1.14. The van der Waals surface area contributed by atoms with Crippen LogP contribution in [0.25, 0.3) is 78.3 Å². The van der Waals surface area contributed by atoms with Gasteiger partial charge in [0, 0.05) is 39.5 Å².